The molecule has 0 spiro atoms. The van der Waals surface area contributed by atoms with Crippen LogP contribution in [0.4, 0.5) is 0 Å². The van der Waals surface area contributed by atoms with Crippen molar-refractivity contribution in [2.24, 2.45) is 11.3 Å². The number of methoxy groups -OCH3 is 1. The normalized spacial score (nSPS) is 19.1. The second kappa shape index (κ2) is 6.97. The maximum atomic E-state index is 5.20. The summed E-state index contributed by atoms with van der Waals surface area (Å²) in [6, 6.07) is 0. The fourth-order valence-electron chi connectivity index (χ4n) is 2.46. The van der Waals surface area contributed by atoms with Gasteiger partial charge in [0, 0.05) is 32.1 Å². The summed E-state index contributed by atoms with van der Waals surface area (Å²) in [5.74, 6) is 0.740. The lowest BCUT2D eigenvalue weighted by atomic mass is 9.70. The van der Waals surface area contributed by atoms with Crippen LogP contribution in [-0.2, 0) is 4.74 Å². The Hall–Kier alpha value is 0.400. The highest BCUT2D eigenvalue weighted by Gasteiger charge is 2.37. The lowest BCUT2D eigenvalue weighted by molar-refractivity contribution is 0.0641. The van der Waals surface area contributed by atoms with E-state index in [-0.39, 0.29) is 0 Å². The molecule has 0 aliphatic heterocycles. The highest BCUT2D eigenvalue weighted by molar-refractivity contribution is 9.09. The second-order valence-electron chi connectivity index (χ2n) is 5.61. The van der Waals surface area contributed by atoms with Gasteiger partial charge >= 0.3 is 0 Å². The summed E-state index contributed by atoms with van der Waals surface area (Å²) in [6.45, 7) is 8.94. The Balaban J connectivity index is 2.41. The number of rotatable bonds is 8. The van der Waals surface area contributed by atoms with Crippen LogP contribution in [0.1, 0.15) is 33.1 Å². The van der Waals surface area contributed by atoms with Crippen LogP contribution in [0, 0.1) is 11.3 Å². The molecule has 1 saturated carbocycles. The fraction of sp³-hybridized carbons (Fsp3) is 1.00. The smallest absolute Gasteiger partial charge is 0.0589 e. The lowest BCUT2D eigenvalue weighted by Crippen LogP contribution is -2.45. The van der Waals surface area contributed by atoms with Gasteiger partial charge in [0.15, 0.2) is 0 Å². The van der Waals surface area contributed by atoms with Gasteiger partial charge in [-0.05, 0) is 24.2 Å². The van der Waals surface area contributed by atoms with E-state index in [9.17, 15) is 0 Å². The predicted molar refractivity (Wildman–Crippen MR) is 73.2 cm³/mol. The van der Waals surface area contributed by atoms with Gasteiger partial charge in [0.25, 0.3) is 0 Å². The third-order valence-electron chi connectivity index (χ3n) is 3.49. The van der Waals surface area contributed by atoms with Gasteiger partial charge in [-0.15, -0.1) is 0 Å². The summed E-state index contributed by atoms with van der Waals surface area (Å²) in [5.41, 5.74) is 0.558. The van der Waals surface area contributed by atoms with Gasteiger partial charge in [-0.2, -0.15) is 0 Å². The third kappa shape index (κ3) is 4.34. The fourth-order valence-corrected chi connectivity index (χ4v) is 3.19. The van der Waals surface area contributed by atoms with Crippen LogP contribution in [0.3, 0.4) is 0 Å². The van der Waals surface area contributed by atoms with Gasteiger partial charge in [-0.1, -0.05) is 36.2 Å². The molecule has 3 heteroatoms. The molecule has 1 aliphatic rings. The Morgan fingerprint density at radius 2 is 2.06 bits per heavy atom. The predicted octanol–water partition coefficient (Wildman–Crippen LogP) is 3.16. The first-order valence-electron chi connectivity index (χ1n) is 6.39. The standard InChI is InChI=1S/C13H26BrNO/c1-12(2)9-15(7-8-16-3)11-13(10-14)5-4-6-13/h12H,4-11H2,1-3H3. The molecule has 0 radical (unpaired) electrons. The first-order valence-corrected chi connectivity index (χ1v) is 7.51. The third-order valence-corrected chi connectivity index (χ3v) is 4.68. The van der Waals surface area contributed by atoms with Gasteiger partial charge in [0.05, 0.1) is 6.61 Å². The minimum absolute atomic E-state index is 0.558. The van der Waals surface area contributed by atoms with Crippen LogP contribution in [-0.4, -0.2) is 43.6 Å². The minimum atomic E-state index is 0.558. The number of alkyl halides is 1. The molecule has 0 atom stereocenters. The quantitative estimate of drug-likeness (QED) is 0.637. The molecular formula is C13H26BrNO. The molecule has 0 bridgehead atoms. The van der Waals surface area contributed by atoms with Crippen LogP contribution in [0.15, 0.2) is 0 Å². The molecule has 0 N–H and O–H groups in total. The monoisotopic (exact) mass is 291 g/mol. The first kappa shape index (κ1) is 14.5. The Kier molecular flexibility index (Phi) is 6.30. The molecule has 0 heterocycles. The van der Waals surface area contributed by atoms with E-state index in [1.807, 2.05) is 0 Å². The maximum Gasteiger partial charge on any atom is 0.0589 e. The van der Waals surface area contributed by atoms with Crippen LogP contribution < -0.4 is 0 Å². The average Bonchev–Trinajstić information content (AvgIpc) is 2.19. The van der Waals surface area contributed by atoms with E-state index < -0.39 is 0 Å². The number of hydrogen-bond donors (Lipinski definition) is 0. The van der Waals surface area contributed by atoms with Crippen molar-refractivity contribution < 1.29 is 4.74 Å². The summed E-state index contributed by atoms with van der Waals surface area (Å²) in [5, 5.41) is 1.15. The molecule has 0 aromatic carbocycles. The zero-order valence-corrected chi connectivity index (χ0v) is 12.6. The van der Waals surface area contributed by atoms with Crippen LogP contribution in [0.25, 0.3) is 0 Å². The van der Waals surface area contributed by atoms with Gasteiger partial charge in [-0.3, -0.25) is 0 Å². The van der Waals surface area contributed by atoms with E-state index in [4.69, 9.17) is 4.74 Å². The van der Waals surface area contributed by atoms with Crippen molar-refractivity contribution in [3.05, 3.63) is 0 Å². The van der Waals surface area contributed by atoms with E-state index in [1.54, 1.807) is 7.11 Å². The summed E-state index contributed by atoms with van der Waals surface area (Å²) in [4.78, 5) is 2.58. The Labute approximate surface area is 109 Å². The molecule has 96 valence electrons. The van der Waals surface area contributed by atoms with Gasteiger partial charge in [0.1, 0.15) is 0 Å². The van der Waals surface area contributed by atoms with Crippen LogP contribution >= 0.6 is 15.9 Å². The molecule has 0 aromatic heterocycles. The first-order chi connectivity index (χ1) is 7.62. The lowest BCUT2D eigenvalue weighted by Gasteiger charge is -2.44. The van der Waals surface area contributed by atoms with Gasteiger partial charge < -0.3 is 9.64 Å². The SMILES string of the molecule is COCCN(CC(C)C)CC1(CBr)CCC1. The molecule has 2 nitrogen and oxygen atoms in total. The highest BCUT2D eigenvalue weighted by atomic mass is 79.9. The van der Waals surface area contributed by atoms with E-state index in [2.05, 4.69) is 34.7 Å². The van der Waals surface area contributed by atoms with Crippen LogP contribution in [0.2, 0.25) is 0 Å². The number of ether oxygens (including phenoxy) is 1. The molecule has 1 fully saturated rings. The second-order valence-corrected chi connectivity index (χ2v) is 6.17. The van der Waals surface area contributed by atoms with Crippen molar-refractivity contribution >= 4 is 15.9 Å². The van der Waals surface area contributed by atoms with E-state index in [0.717, 1.165) is 24.4 Å². The Morgan fingerprint density at radius 1 is 1.38 bits per heavy atom. The van der Waals surface area contributed by atoms with Crippen LogP contribution in [0.5, 0.6) is 0 Å². The summed E-state index contributed by atoms with van der Waals surface area (Å²) in [7, 11) is 1.79. The van der Waals surface area contributed by atoms with E-state index in [0.29, 0.717) is 5.41 Å². The van der Waals surface area contributed by atoms with Crippen molar-refractivity contribution in [1.29, 1.82) is 0 Å². The van der Waals surface area contributed by atoms with Crippen molar-refractivity contribution in [3.63, 3.8) is 0 Å². The van der Waals surface area contributed by atoms with Gasteiger partial charge in [-0.25, -0.2) is 0 Å². The molecule has 16 heavy (non-hydrogen) atoms. The number of nitrogens with zero attached hydrogens (tertiary/aromatic N) is 1. The van der Waals surface area contributed by atoms with Crippen molar-refractivity contribution in [2.45, 2.75) is 33.1 Å². The molecule has 1 aliphatic carbocycles. The Bertz CT molecular complexity index is 187. The molecule has 0 unspecified atom stereocenters. The molecule has 0 aromatic rings. The zero-order valence-electron chi connectivity index (χ0n) is 11.0. The number of halogens is 1. The van der Waals surface area contributed by atoms with E-state index in [1.165, 1.54) is 32.4 Å². The number of hydrogen-bond acceptors (Lipinski definition) is 2. The van der Waals surface area contributed by atoms with Gasteiger partial charge in [0.2, 0.25) is 0 Å². The average molecular weight is 292 g/mol. The molecule has 0 saturated heterocycles. The Morgan fingerprint density at radius 3 is 2.44 bits per heavy atom. The molecule has 1 rings (SSSR count). The topological polar surface area (TPSA) is 12.5 Å². The summed E-state index contributed by atoms with van der Waals surface area (Å²) < 4.78 is 5.20. The summed E-state index contributed by atoms with van der Waals surface area (Å²) >= 11 is 3.69. The highest BCUT2D eigenvalue weighted by Crippen LogP contribution is 2.43. The van der Waals surface area contributed by atoms with Crippen molar-refractivity contribution in [3.8, 4) is 0 Å². The largest absolute Gasteiger partial charge is 0.383 e. The molecular weight excluding hydrogens is 266 g/mol. The summed E-state index contributed by atoms with van der Waals surface area (Å²) in [6.07, 6.45) is 4.19. The molecule has 0 amide bonds. The van der Waals surface area contributed by atoms with Crippen molar-refractivity contribution in [2.75, 3.05) is 38.7 Å². The maximum absolute atomic E-state index is 5.20. The van der Waals surface area contributed by atoms with Crippen molar-refractivity contribution in [1.82, 2.24) is 4.90 Å². The zero-order chi connectivity index (χ0) is 12.0. The minimum Gasteiger partial charge on any atom is -0.383 e. The van der Waals surface area contributed by atoms with E-state index >= 15 is 0 Å².